The number of carboxylic acid groups (broad SMARTS) is 1. The zero-order valence-corrected chi connectivity index (χ0v) is 11.8. The average molecular weight is 306 g/mol. The largest absolute Gasteiger partial charge is 0.478 e. The van der Waals surface area contributed by atoms with Gasteiger partial charge in [0, 0.05) is 30.6 Å². The average Bonchev–Trinajstić information content (AvgIpc) is 2.82. The second-order valence-corrected chi connectivity index (χ2v) is 4.68. The van der Waals surface area contributed by atoms with Crippen molar-refractivity contribution < 1.29 is 14.7 Å². The smallest absolute Gasteiger partial charge is 0.337 e. The number of benzene rings is 1. The number of halogens is 1. The summed E-state index contributed by atoms with van der Waals surface area (Å²) in [7, 11) is 1.78. The van der Waals surface area contributed by atoms with E-state index in [1.54, 1.807) is 30.2 Å². The van der Waals surface area contributed by atoms with E-state index in [1.165, 1.54) is 24.3 Å². The molecule has 0 aliphatic carbocycles. The Morgan fingerprint density at radius 2 is 2.19 bits per heavy atom. The summed E-state index contributed by atoms with van der Waals surface area (Å²) in [6.07, 6.45) is 6.37. The van der Waals surface area contributed by atoms with Crippen molar-refractivity contribution >= 4 is 35.2 Å². The summed E-state index contributed by atoms with van der Waals surface area (Å²) in [6, 6.07) is 4.21. The molecule has 1 heterocycles. The normalized spacial score (nSPS) is 10.8. The van der Waals surface area contributed by atoms with Crippen LogP contribution in [0.2, 0.25) is 5.02 Å². The third-order valence-electron chi connectivity index (χ3n) is 2.62. The van der Waals surface area contributed by atoms with Crippen LogP contribution in [0.3, 0.4) is 0 Å². The van der Waals surface area contributed by atoms with Crippen LogP contribution in [0.4, 0.5) is 5.69 Å². The summed E-state index contributed by atoms with van der Waals surface area (Å²) < 4.78 is 1.63. The Morgan fingerprint density at radius 1 is 1.43 bits per heavy atom. The number of aromatic carboxylic acids is 1. The van der Waals surface area contributed by atoms with Crippen molar-refractivity contribution in [3.05, 3.63) is 52.8 Å². The van der Waals surface area contributed by atoms with E-state index in [-0.39, 0.29) is 16.5 Å². The Morgan fingerprint density at radius 3 is 2.76 bits per heavy atom. The van der Waals surface area contributed by atoms with Crippen LogP contribution in [-0.4, -0.2) is 26.8 Å². The molecule has 2 N–H and O–H groups in total. The number of rotatable bonds is 4. The minimum absolute atomic E-state index is 0.0134. The molecule has 0 aliphatic rings. The zero-order valence-electron chi connectivity index (χ0n) is 11.1. The first-order valence-electron chi connectivity index (χ1n) is 5.96. The highest BCUT2D eigenvalue weighted by atomic mass is 35.5. The number of aromatic nitrogens is 2. The molecule has 21 heavy (non-hydrogen) atoms. The maximum Gasteiger partial charge on any atom is 0.337 e. The lowest BCUT2D eigenvalue weighted by Crippen LogP contribution is -2.08. The lowest BCUT2D eigenvalue weighted by atomic mass is 10.2. The fraction of sp³-hybridized carbons (Fsp3) is 0.0714. The second-order valence-electron chi connectivity index (χ2n) is 4.27. The van der Waals surface area contributed by atoms with E-state index in [0.29, 0.717) is 5.69 Å². The van der Waals surface area contributed by atoms with Gasteiger partial charge >= 0.3 is 5.97 Å². The third kappa shape index (κ3) is 3.93. The van der Waals surface area contributed by atoms with Gasteiger partial charge in [0.1, 0.15) is 0 Å². The van der Waals surface area contributed by atoms with Crippen molar-refractivity contribution in [3.63, 3.8) is 0 Å². The van der Waals surface area contributed by atoms with Gasteiger partial charge in [0.05, 0.1) is 16.8 Å². The molecule has 0 spiro atoms. The monoisotopic (exact) mass is 305 g/mol. The lowest BCUT2D eigenvalue weighted by Gasteiger charge is -2.04. The molecular weight excluding hydrogens is 294 g/mol. The van der Waals surface area contributed by atoms with Crippen LogP contribution in [0, 0.1) is 0 Å². The molecule has 6 nitrogen and oxygen atoms in total. The summed E-state index contributed by atoms with van der Waals surface area (Å²) in [5, 5.41) is 15.5. The van der Waals surface area contributed by atoms with Gasteiger partial charge in [0.15, 0.2) is 0 Å². The van der Waals surface area contributed by atoms with Crippen LogP contribution in [0.15, 0.2) is 36.7 Å². The summed E-state index contributed by atoms with van der Waals surface area (Å²) in [4.78, 5) is 22.6. The van der Waals surface area contributed by atoms with E-state index in [0.717, 1.165) is 5.56 Å². The number of amides is 1. The Bertz CT molecular complexity index is 722. The number of carbonyl (C=O) groups is 2. The molecule has 1 aromatic carbocycles. The number of hydrogen-bond donors (Lipinski definition) is 2. The van der Waals surface area contributed by atoms with Crippen LogP contribution in [0.5, 0.6) is 0 Å². The van der Waals surface area contributed by atoms with Crippen LogP contribution in [0.1, 0.15) is 15.9 Å². The number of anilines is 1. The number of hydrogen-bond acceptors (Lipinski definition) is 3. The van der Waals surface area contributed by atoms with Crippen molar-refractivity contribution in [2.24, 2.45) is 7.05 Å². The van der Waals surface area contributed by atoms with Crippen molar-refractivity contribution in [1.29, 1.82) is 0 Å². The highest BCUT2D eigenvalue weighted by Gasteiger charge is 2.09. The van der Waals surface area contributed by atoms with E-state index in [4.69, 9.17) is 16.7 Å². The summed E-state index contributed by atoms with van der Waals surface area (Å²) in [5.74, 6) is -1.47. The molecule has 0 aliphatic heterocycles. The molecule has 0 bridgehead atoms. The topological polar surface area (TPSA) is 84.2 Å². The predicted octanol–water partition coefficient (Wildman–Crippen LogP) is 2.42. The first-order chi connectivity index (χ1) is 9.95. The molecule has 0 unspecified atom stereocenters. The molecule has 7 heteroatoms. The SMILES string of the molecule is Cn1cc(C=CC(=O)Nc2ccc(C(=O)O)c(Cl)c2)cn1. The first-order valence-corrected chi connectivity index (χ1v) is 6.34. The van der Waals surface area contributed by atoms with Gasteiger partial charge in [-0.25, -0.2) is 4.79 Å². The molecule has 0 saturated heterocycles. The van der Waals surface area contributed by atoms with Crippen molar-refractivity contribution in [3.8, 4) is 0 Å². The van der Waals surface area contributed by atoms with Crippen LogP contribution < -0.4 is 5.32 Å². The molecular formula is C14H12ClN3O3. The summed E-state index contributed by atoms with van der Waals surface area (Å²) >= 11 is 5.82. The molecule has 2 aromatic rings. The van der Waals surface area contributed by atoms with E-state index in [2.05, 4.69) is 10.4 Å². The fourth-order valence-corrected chi connectivity index (χ4v) is 1.91. The van der Waals surface area contributed by atoms with E-state index >= 15 is 0 Å². The Balaban J connectivity index is 2.04. The molecule has 1 aromatic heterocycles. The van der Waals surface area contributed by atoms with Crippen LogP contribution >= 0.6 is 11.6 Å². The summed E-state index contributed by atoms with van der Waals surface area (Å²) in [5.41, 5.74) is 1.21. The Labute approximate surface area is 125 Å². The highest BCUT2D eigenvalue weighted by Crippen LogP contribution is 2.21. The Hall–Kier alpha value is -2.60. The van der Waals surface area contributed by atoms with Gasteiger partial charge in [-0.15, -0.1) is 0 Å². The second kappa shape index (κ2) is 6.23. The van der Waals surface area contributed by atoms with Gasteiger partial charge in [-0.3, -0.25) is 9.48 Å². The zero-order chi connectivity index (χ0) is 15.4. The maximum absolute atomic E-state index is 11.7. The lowest BCUT2D eigenvalue weighted by molar-refractivity contribution is -0.111. The molecule has 2 rings (SSSR count). The van der Waals surface area contributed by atoms with Gasteiger partial charge in [-0.2, -0.15) is 5.10 Å². The maximum atomic E-state index is 11.7. The van der Waals surface area contributed by atoms with Gasteiger partial charge in [0.2, 0.25) is 5.91 Å². The van der Waals surface area contributed by atoms with E-state index < -0.39 is 5.97 Å². The molecule has 0 fully saturated rings. The predicted molar refractivity (Wildman–Crippen MR) is 79.3 cm³/mol. The van der Waals surface area contributed by atoms with E-state index in [9.17, 15) is 9.59 Å². The minimum atomic E-state index is -1.12. The van der Waals surface area contributed by atoms with Crippen molar-refractivity contribution in [2.45, 2.75) is 0 Å². The number of carboxylic acids is 1. The van der Waals surface area contributed by atoms with Crippen molar-refractivity contribution in [2.75, 3.05) is 5.32 Å². The quantitative estimate of drug-likeness (QED) is 0.850. The molecule has 0 radical (unpaired) electrons. The Kier molecular flexibility index (Phi) is 4.39. The number of carbonyl (C=O) groups excluding carboxylic acids is 1. The van der Waals surface area contributed by atoms with Gasteiger partial charge in [0.25, 0.3) is 0 Å². The first kappa shape index (κ1) is 14.8. The highest BCUT2D eigenvalue weighted by molar-refractivity contribution is 6.33. The van der Waals surface area contributed by atoms with Crippen LogP contribution in [0.25, 0.3) is 6.08 Å². The summed E-state index contributed by atoms with van der Waals surface area (Å²) in [6.45, 7) is 0. The van der Waals surface area contributed by atoms with Crippen molar-refractivity contribution in [1.82, 2.24) is 9.78 Å². The van der Waals surface area contributed by atoms with Gasteiger partial charge < -0.3 is 10.4 Å². The molecule has 0 saturated carbocycles. The van der Waals surface area contributed by atoms with Crippen LogP contribution in [-0.2, 0) is 11.8 Å². The third-order valence-corrected chi connectivity index (χ3v) is 2.93. The number of nitrogens with zero attached hydrogens (tertiary/aromatic N) is 2. The minimum Gasteiger partial charge on any atom is -0.478 e. The van der Waals surface area contributed by atoms with E-state index in [1.807, 2.05) is 0 Å². The molecule has 108 valence electrons. The number of aryl methyl sites for hydroxylation is 1. The van der Waals surface area contributed by atoms with Gasteiger partial charge in [-0.05, 0) is 24.3 Å². The molecule has 0 atom stereocenters. The number of nitrogens with one attached hydrogen (secondary N) is 1. The standard InChI is InChI=1S/C14H12ClN3O3/c1-18-8-9(7-16-18)2-5-13(19)17-10-3-4-11(14(20)21)12(15)6-10/h2-8H,1H3,(H,17,19)(H,20,21). The molecule has 1 amide bonds. The van der Waals surface area contributed by atoms with Gasteiger partial charge in [-0.1, -0.05) is 11.6 Å². The fourth-order valence-electron chi connectivity index (χ4n) is 1.65.